The molecule has 1 saturated heterocycles. The van der Waals surface area contributed by atoms with Gasteiger partial charge in [-0.3, -0.25) is 4.79 Å². The van der Waals surface area contributed by atoms with Gasteiger partial charge < -0.3 is 14.7 Å². The van der Waals surface area contributed by atoms with Gasteiger partial charge in [0.05, 0.1) is 30.4 Å². The van der Waals surface area contributed by atoms with Gasteiger partial charge in [0.15, 0.2) is 0 Å². The van der Waals surface area contributed by atoms with Crippen LogP contribution in [-0.4, -0.2) is 67.9 Å². The number of ether oxygens (including phenoxy) is 1. The van der Waals surface area contributed by atoms with Crippen LogP contribution in [0.25, 0.3) is 10.6 Å². The number of piperidine rings is 1. The van der Waals surface area contributed by atoms with Crippen LogP contribution in [0.5, 0.6) is 5.19 Å². The van der Waals surface area contributed by atoms with Gasteiger partial charge in [0.1, 0.15) is 5.69 Å². The lowest BCUT2D eigenvalue weighted by Crippen LogP contribution is -2.57. The molecular weight excluding hydrogens is 387 g/mol. The van der Waals surface area contributed by atoms with Crippen molar-refractivity contribution in [3.63, 3.8) is 0 Å². The van der Waals surface area contributed by atoms with Crippen LogP contribution in [0, 0.1) is 0 Å². The normalized spacial score (nSPS) is 20.4. The van der Waals surface area contributed by atoms with E-state index in [1.54, 1.807) is 12.4 Å². The third-order valence-corrected chi connectivity index (χ3v) is 5.43. The zero-order valence-corrected chi connectivity index (χ0v) is 15.4. The first-order chi connectivity index (χ1) is 12.6. The van der Waals surface area contributed by atoms with Crippen LogP contribution >= 0.6 is 11.3 Å². The molecule has 1 aliphatic heterocycles. The van der Waals surface area contributed by atoms with Gasteiger partial charge in [0, 0.05) is 13.1 Å². The first-order valence-corrected chi connectivity index (χ1v) is 8.95. The van der Waals surface area contributed by atoms with Crippen LogP contribution in [0.4, 0.5) is 13.2 Å². The molecule has 2 unspecified atom stereocenters. The molecule has 2 aromatic heterocycles. The number of carbonyl (C=O) groups is 1. The molecule has 1 aliphatic rings. The van der Waals surface area contributed by atoms with E-state index < -0.39 is 17.7 Å². The minimum absolute atomic E-state index is 0.0138. The van der Waals surface area contributed by atoms with E-state index in [2.05, 4.69) is 15.3 Å². The number of carbonyl (C=O) groups excluding carboxylic acids is 1. The van der Waals surface area contributed by atoms with E-state index in [0.29, 0.717) is 30.7 Å². The smallest absolute Gasteiger partial charge is 0.426 e. The van der Waals surface area contributed by atoms with Gasteiger partial charge in [-0.05, 0) is 19.8 Å². The van der Waals surface area contributed by atoms with Crippen molar-refractivity contribution in [2.45, 2.75) is 37.6 Å². The zero-order chi connectivity index (χ0) is 19.8. The third-order valence-electron chi connectivity index (χ3n) is 4.45. The van der Waals surface area contributed by atoms with Crippen LogP contribution in [-0.2, 0) is 4.79 Å². The maximum Gasteiger partial charge on any atom is 0.426 e. The van der Waals surface area contributed by atoms with Gasteiger partial charge in [-0.15, -0.1) is 5.10 Å². The molecule has 3 heterocycles. The topological polar surface area (TPSA) is 93.4 Å². The molecule has 0 aromatic carbocycles. The number of alkyl halides is 3. The van der Waals surface area contributed by atoms with E-state index in [-0.39, 0.29) is 19.1 Å². The number of rotatable bonds is 4. The predicted octanol–water partition coefficient (Wildman–Crippen LogP) is 1.89. The first-order valence-electron chi connectivity index (χ1n) is 8.14. The van der Waals surface area contributed by atoms with Crippen LogP contribution < -0.4 is 4.74 Å². The largest absolute Gasteiger partial charge is 0.473 e. The lowest BCUT2D eigenvalue weighted by atomic mass is 10.00. The second kappa shape index (κ2) is 7.08. The molecule has 12 heteroatoms. The molecule has 2 aromatic rings. The van der Waals surface area contributed by atoms with E-state index in [0.717, 1.165) is 9.78 Å². The molecule has 27 heavy (non-hydrogen) atoms. The molecule has 8 nitrogen and oxygen atoms in total. The molecule has 148 valence electrons. The summed E-state index contributed by atoms with van der Waals surface area (Å²) in [4.78, 5) is 18.0. The zero-order valence-electron chi connectivity index (χ0n) is 14.6. The van der Waals surface area contributed by atoms with Crippen LogP contribution in [0.3, 0.4) is 0 Å². The van der Waals surface area contributed by atoms with Crippen LogP contribution in [0.1, 0.15) is 25.8 Å². The summed E-state index contributed by atoms with van der Waals surface area (Å²) in [5.41, 5.74) is -2.86. The second-order valence-corrected chi connectivity index (χ2v) is 7.39. The van der Waals surface area contributed by atoms with Crippen LogP contribution in [0.2, 0.25) is 0 Å². The Hall–Kier alpha value is -2.21. The van der Waals surface area contributed by atoms with Gasteiger partial charge in [-0.25, -0.2) is 9.67 Å². The average Bonchev–Trinajstić information content (AvgIpc) is 3.29. The molecule has 2 atom stereocenters. The SMILES string of the molecule is COc1ncc(-c2cn(C3CCCN(C(=O)C(C)(O)C(F)(F)F)C3)nn2)s1. The fourth-order valence-electron chi connectivity index (χ4n) is 2.82. The Bertz CT molecular complexity index is 820. The molecule has 1 N–H and O–H groups in total. The maximum absolute atomic E-state index is 12.9. The van der Waals surface area contributed by atoms with E-state index in [9.17, 15) is 23.1 Å². The molecule has 0 spiro atoms. The Morgan fingerprint density at radius 1 is 1.44 bits per heavy atom. The number of hydrogen-bond donors (Lipinski definition) is 1. The predicted molar refractivity (Wildman–Crippen MR) is 89.2 cm³/mol. The summed E-state index contributed by atoms with van der Waals surface area (Å²) in [6.07, 6.45) is -0.661. The molecule has 3 rings (SSSR count). The first kappa shape index (κ1) is 19.5. The van der Waals surface area contributed by atoms with Crippen molar-refractivity contribution >= 4 is 17.2 Å². The minimum atomic E-state index is -5.04. The van der Waals surface area contributed by atoms with Crippen molar-refractivity contribution < 1.29 is 27.8 Å². The summed E-state index contributed by atoms with van der Waals surface area (Å²) in [5.74, 6) is -1.35. The Labute approximate surface area is 156 Å². The fourth-order valence-corrected chi connectivity index (χ4v) is 3.50. The standard InChI is InChI=1S/C15H18F3N5O3S/c1-14(25,15(16,17)18)12(24)22-5-3-4-9(7-22)23-8-10(20-21-23)11-6-19-13(26-2)27-11/h6,8-9,25H,3-5,7H2,1-2H3. The third kappa shape index (κ3) is 3.76. The maximum atomic E-state index is 12.9. The summed E-state index contributed by atoms with van der Waals surface area (Å²) in [6, 6.07) is -0.331. The van der Waals surface area contributed by atoms with Crippen molar-refractivity contribution in [2.75, 3.05) is 20.2 Å². The van der Waals surface area contributed by atoms with E-state index in [1.807, 2.05) is 0 Å². The summed E-state index contributed by atoms with van der Waals surface area (Å²) < 4.78 is 45.4. The summed E-state index contributed by atoms with van der Waals surface area (Å²) in [7, 11) is 1.50. The molecule has 1 amide bonds. The number of aromatic nitrogens is 4. The Balaban J connectivity index is 1.74. The number of nitrogens with zero attached hydrogens (tertiary/aromatic N) is 5. The van der Waals surface area contributed by atoms with Crippen molar-refractivity contribution in [3.8, 4) is 15.8 Å². The minimum Gasteiger partial charge on any atom is -0.473 e. The van der Waals surface area contributed by atoms with Crippen molar-refractivity contribution in [3.05, 3.63) is 12.4 Å². The van der Waals surface area contributed by atoms with Gasteiger partial charge >= 0.3 is 6.18 Å². The molecule has 0 radical (unpaired) electrons. The molecule has 0 saturated carbocycles. The van der Waals surface area contributed by atoms with Gasteiger partial charge in [0.2, 0.25) is 5.60 Å². The lowest BCUT2D eigenvalue weighted by molar-refractivity contribution is -0.250. The van der Waals surface area contributed by atoms with Crippen molar-refractivity contribution in [2.24, 2.45) is 0 Å². The number of amides is 1. The monoisotopic (exact) mass is 405 g/mol. The quantitative estimate of drug-likeness (QED) is 0.835. The van der Waals surface area contributed by atoms with E-state index in [1.165, 1.54) is 23.1 Å². The molecular formula is C15H18F3N5O3S. The number of likely N-dealkylation sites (tertiary alicyclic amines) is 1. The van der Waals surface area contributed by atoms with Gasteiger partial charge in [0.25, 0.3) is 11.1 Å². The number of aliphatic hydroxyl groups is 1. The molecule has 0 bridgehead atoms. The van der Waals surface area contributed by atoms with Crippen molar-refractivity contribution in [1.29, 1.82) is 0 Å². The Morgan fingerprint density at radius 3 is 2.81 bits per heavy atom. The highest BCUT2D eigenvalue weighted by atomic mass is 32.1. The highest BCUT2D eigenvalue weighted by Crippen LogP contribution is 2.34. The lowest BCUT2D eigenvalue weighted by Gasteiger charge is -2.37. The Morgan fingerprint density at radius 2 is 2.19 bits per heavy atom. The molecule has 1 fully saturated rings. The fraction of sp³-hybridized carbons (Fsp3) is 0.600. The van der Waals surface area contributed by atoms with Gasteiger partial charge in [-0.2, -0.15) is 13.2 Å². The average molecular weight is 405 g/mol. The second-order valence-electron chi connectivity index (χ2n) is 6.40. The summed E-state index contributed by atoms with van der Waals surface area (Å²) in [6.45, 7) is 0.638. The number of methoxy groups -OCH3 is 1. The number of thiazole rings is 1. The molecule has 0 aliphatic carbocycles. The van der Waals surface area contributed by atoms with E-state index in [4.69, 9.17) is 4.74 Å². The Kier molecular flexibility index (Phi) is 5.12. The van der Waals surface area contributed by atoms with Gasteiger partial charge in [-0.1, -0.05) is 16.6 Å². The highest BCUT2D eigenvalue weighted by molar-refractivity contribution is 7.16. The van der Waals surface area contributed by atoms with Crippen molar-refractivity contribution in [1.82, 2.24) is 24.9 Å². The number of hydrogen-bond acceptors (Lipinski definition) is 7. The highest BCUT2D eigenvalue weighted by Gasteiger charge is 2.57. The summed E-state index contributed by atoms with van der Waals surface area (Å²) >= 11 is 1.29. The van der Waals surface area contributed by atoms with E-state index >= 15 is 0 Å². The number of halogens is 3. The summed E-state index contributed by atoms with van der Waals surface area (Å²) in [5, 5.41) is 18.2. The van der Waals surface area contributed by atoms with Crippen LogP contribution in [0.15, 0.2) is 12.4 Å².